The van der Waals surface area contributed by atoms with E-state index < -0.39 is 0 Å². The van der Waals surface area contributed by atoms with E-state index in [0.29, 0.717) is 17.5 Å². The average Bonchev–Trinajstić information content (AvgIpc) is 3.73. The molecule has 10 rings (SSSR count). The van der Waals surface area contributed by atoms with E-state index in [1.54, 1.807) is 0 Å². The molecule has 5 heteroatoms. The monoisotopic (exact) mass is 640 g/mol. The molecule has 0 aliphatic heterocycles. The summed E-state index contributed by atoms with van der Waals surface area (Å²) in [6.07, 6.45) is 0. The van der Waals surface area contributed by atoms with Gasteiger partial charge in [-0.15, -0.1) is 0 Å². The second-order valence-electron chi connectivity index (χ2n) is 12.4. The molecule has 0 aliphatic rings. The van der Waals surface area contributed by atoms with Gasteiger partial charge in [-0.2, -0.15) is 0 Å². The van der Waals surface area contributed by atoms with Crippen LogP contribution in [0.3, 0.4) is 0 Å². The van der Waals surface area contributed by atoms with Crippen molar-refractivity contribution in [3.63, 3.8) is 0 Å². The van der Waals surface area contributed by atoms with Gasteiger partial charge < -0.3 is 8.98 Å². The summed E-state index contributed by atoms with van der Waals surface area (Å²) < 4.78 is 8.79. The summed E-state index contributed by atoms with van der Waals surface area (Å²) in [6, 6.07) is 58.5. The Labute approximate surface area is 287 Å². The fourth-order valence-corrected chi connectivity index (χ4v) is 7.09. The van der Waals surface area contributed by atoms with Crippen LogP contribution in [-0.2, 0) is 0 Å². The number of benzene rings is 7. The Hall–Kier alpha value is -6.85. The predicted octanol–water partition coefficient (Wildman–Crippen LogP) is 11.5. The molecular weight excluding hydrogens is 613 g/mol. The van der Waals surface area contributed by atoms with Crippen molar-refractivity contribution >= 4 is 43.7 Å². The first-order valence-corrected chi connectivity index (χ1v) is 16.7. The molecule has 7 aromatic carbocycles. The first-order chi connectivity index (χ1) is 24.8. The van der Waals surface area contributed by atoms with E-state index in [-0.39, 0.29) is 0 Å². The standard InChI is InChI=1S/C45H28N4O/c1-3-13-29(14-4-1)30-23-25-32(26-24-30)44-46-43(31-15-5-2-6-16-31)47-45(48-44)37-27-36-35-19-9-12-22-41(35)50-42(36)28-40(37)49-38-20-10-7-17-33(38)34-18-8-11-21-39(34)49/h1-28H. The van der Waals surface area contributed by atoms with Gasteiger partial charge in [-0.05, 0) is 35.4 Å². The molecule has 5 nitrogen and oxygen atoms in total. The molecule has 234 valence electrons. The molecule has 0 saturated heterocycles. The summed E-state index contributed by atoms with van der Waals surface area (Å²) in [7, 11) is 0. The second kappa shape index (κ2) is 11.4. The van der Waals surface area contributed by atoms with Gasteiger partial charge in [0.25, 0.3) is 0 Å². The van der Waals surface area contributed by atoms with Gasteiger partial charge in [0.05, 0.1) is 16.7 Å². The molecular formula is C45H28N4O. The third-order valence-corrected chi connectivity index (χ3v) is 9.47. The van der Waals surface area contributed by atoms with Gasteiger partial charge in [-0.3, -0.25) is 0 Å². The van der Waals surface area contributed by atoms with Crippen molar-refractivity contribution in [2.45, 2.75) is 0 Å². The summed E-state index contributed by atoms with van der Waals surface area (Å²) in [5.74, 6) is 1.81. The zero-order valence-electron chi connectivity index (χ0n) is 26.9. The van der Waals surface area contributed by atoms with Gasteiger partial charge >= 0.3 is 0 Å². The number of para-hydroxylation sites is 3. The first-order valence-electron chi connectivity index (χ1n) is 16.7. The number of hydrogen-bond donors (Lipinski definition) is 0. The molecule has 0 aliphatic carbocycles. The van der Waals surface area contributed by atoms with Gasteiger partial charge in [0.15, 0.2) is 17.5 Å². The van der Waals surface area contributed by atoms with Crippen LogP contribution in [-0.4, -0.2) is 19.5 Å². The fraction of sp³-hybridized carbons (Fsp3) is 0. The van der Waals surface area contributed by atoms with Crippen LogP contribution in [0, 0.1) is 0 Å². The SMILES string of the molecule is c1ccc(-c2ccc(-c3nc(-c4ccccc4)nc(-c4cc5c(cc4-n4c6ccccc6c6ccccc64)oc4ccccc45)n3)cc2)cc1. The summed E-state index contributed by atoms with van der Waals surface area (Å²) in [5.41, 5.74) is 9.80. The number of fused-ring (bicyclic) bond motifs is 6. The molecule has 0 saturated carbocycles. The number of rotatable bonds is 5. The Kier molecular flexibility index (Phi) is 6.42. The van der Waals surface area contributed by atoms with Crippen molar-refractivity contribution in [3.8, 4) is 51.0 Å². The lowest BCUT2D eigenvalue weighted by Crippen LogP contribution is -2.03. The maximum Gasteiger partial charge on any atom is 0.166 e. The molecule has 0 fully saturated rings. The maximum atomic E-state index is 6.47. The Morgan fingerprint density at radius 1 is 0.360 bits per heavy atom. The van der Waals surface area contributed by atoms with Crippen molar-refractivity contribution in [2.75, 3.05) is 0 Å². The van der Waals surface area contributed by atoms with Crippen molar-refractivity contribution in [3.05, 3.63) is 170 Å². The second-order valence-corrected chi connectivity index (χ2v) is 12.4. The van der Waals surface area contributed by atoms with Crippen LogP contribution < -0.4 is 0 Å². The van der Waals surface area contributed by atoms with Crippen LogP contribution >= 0.6 is 0 Å². The largest absolute Gasteiger partial charge is 0.456 e. The van der Waals surface area contributed by atoms with E-state index in [1.807, 2.05) is 54.6 Å². The minimum absolute atomic E-state index is 0.588. The lowest BCUT2D eigenvalue weighted by atomic mass is 10.0. The van der Waals surface area contributed by atoms with Crippen molar-refractivity contribution < 1.29 is 4.42 Å². The fourth-order valence-electron chi connectivity index (χ4n) is 7.09. The summed E-state index contributed by atoms with van der Waals surface area (Å²) >= 11 is 0. The molecule has 0 atom stereocenters. The predicted molar refractivity (Wildman–Crippen MR) is 203 cm³/mol. The van der Waals surface area contributed by atoms with Crippen LogP contribution in [0.1, 0.15) is 0 Å². The minimum atomic E-state index is 0.588. The van der Waals surface area contributed by atoms with Gasteiger partial charge in [0.1, 0.15) is 11.2 Å². The molecule has 0 unspecified atom stereocenters. The van der Waals surface area contributed by atoms with E-state index in [9.17, 15) is 0 Å². The highest BCUT2D eigenvalue weighted by Gasteiger charge is 2.22. The third kappa shape index (κ3) is 4.60. The summed E-state index contributed by atoms with van der Waals surface area (Å²) in [4.78, 5) is 15.5. The molecule has 0 amide bonds. The number of nitrogens with zero attached hydrogens (tertiary/aromatic N) is 4. The quantitative estimate of drug-likeness (QED) is 0.188. The van der Waals surface area contributed by atoms with E-state index in [2.05, 4.69) is 120 Å². The van der Waals surface area contributed by atoms with Crippen molar-refractivity contribution in [1.29, 1.82) is 0 Å². The number of hydrogen-bond acceptors (Lipinski definition) is 4. The lowest BCUT2D eigenvalue weighted by Gasteiger charge is -2.15. The van der Waals surface area contributed by atoms with Gasteiger partial charge in [-0.1, -0.05) is 140 Å². The van der Waals surface area contributed by atoms with E-state index in [1.165, 1.54) is 10.8 Å². The molecule has 0 spiro atoms. The maximum absolute atomic E-state index is 6.47. The van der Waals surface area contributed by atoms with E-state index in [4.69, 9.17) is 19.4 Å². The Morgan fingerprint density at radius 2 is 0.840 bits per heavy atom. The van der Waals surface area contributed by atoms with E-state index >= 15 is 0 Å². The normalized spacial score (nSPS) is 11.6. The number of furan rings is 1. The van der Waals surface area contributed by atoms with E-state index in [0.717, 1.165) is 66.5 Å². The van der Waals surface area contributed by atoms with Crippen LogP contribution in [0.5, 0.6) is 0 Å². The zero-order valence-corrected chi connectivity index (χ0v) is 26.9. The van der Waals surface area contributed by atoms with Crippen LogP contribution in [0.4, 0.5) is 0 Å². The van der Waals surface area contributed by atoms with Crippen molar-refractivity contribution in [1.82, 2.24) is 19.5 Å². The van der Waals surface area contributed by atoms with Gasteiger partial charge in [0.2, 0.25) is 0 Å². The highest BCUT2D eigenvalue weighted by molar-refractivity contribution is 6.11. The highest BCUT2D eigenvalue weighted by atomic mass is 16.3. The topological polar surface area (TPSA) is 56.7 Å². The Morgan fingerprint density at radius 3 is 1.50 bits per heavy atom. The molecule has 3 aromatic heterocycles. The zero-order chi connectivity index (χ0) is 33.0. The molecule has 0 bridgehead atoms. The van der Waals surface area contributed by atoms with Gasteiger partial charge in [-0.25, -0.2) is 15.0 Å². The summed E-state index contributed by atoms with van der Waals surface area (Å²) in [6.45, 7) is 0. The van der Waals surface area contributed by atoms with Crippen molar-refractivity contribution in [2.24, 2.45) is 0 Å². The van der Waals surface area contributed by atoms with Crippen LogP contribution in [0.25, 0.3) is 94.7 Å². The molecule has 0 radical (unpaired) electrons. The number of aromatic nitrogens is 4. The lowest BCUT2D eigenvalue weighted by molar-refractivity contribution is 0.668. The molecule has 0 N–H and O–H groups in total. The van der Waals surface area contributed by atoms with Gasteiger partial charge in [0, 0.05) is 44.3 Å². The van der Waals surface area contributed by atoms with Crippen LogP contribution in [0.2, 0.25) is 0 Å². The third-order valence-electron chi connectivity index (χ3n) is 9.47. The van der Waals surface area contributed by atoms with Crippen LogP contribution in [0.15, 0.2) is 174 Å². The first kappa shape index (κ1) is 28.2. The smallest absolute Gasteiger partial charge is 0.166 e. The minimum Gasteiger partial charge on any atom is -0.456 e. The molecule has 10 aromatic rings. The Bertz CT molecular complexity index is 2800. The summed E-state index contributed by atoms with van der Waals surface area (Å²) in [5, 5.41) is 4.42. The average molecular weight is 641 g/mol. The Balaban J connectivity index is 1.27. The molecule has 50 heavy (non-hydrogen) atoms. The molecule has 3 heterocycles. The highest BCUT2D eigenvalue weighted by Crippen LogP contribution is 2.40.